The zero-order valence-electron chi connectivity index (χ0n) is 9.79. The first-order chi connectivity index (χ1) is 7.95. The topological polar surface area (TPSA) is 55.1 Å². The highest BCUT2D eigenvalue weighted by molar-refractivity contribution is 7.80. The Morgan fingerprint density at radius 2 is 2.24 bits per heavy atom. The Morgan fingerprint density at radius 1 is 1.59 bits per heavy atom. The van der Waals surface area contributed by atoms with Gasteiger partial charge in [-0.2, -0.15) is 0 Å². The zero-order valence-corrected chi connectivity index (χ0v) is 10.6. The Balaban J connectivity index is 2.80. The van der Waals surface area contributed by atoms with E-state index in [0.29, 0.717) is 17.7 Å². The first kappa shape index (κ1) is 13.6. The van der Waals surface area contributed by atoms with Gasteiger partial charge in [-0.3, -0.25) is 4.79 Å². The normalized spacial score (nSPS) is 11.9. The van der Waals surface area contributed by atoms with Crippen molar-refractivity contribution in [3.63, 3.8) is 0 Å². The first-order valence-corrected chi connectivity index (χ1v) is 5.72. The summed E-state index contributed by atoms with van der Waals surface area (Å²) in [6.07, 6.45) is 0.523. The van der Waals surface area contributed by atoms with E-state index in [9.17, 15) is 9.18 Å². The predicted molar refractivity (Wildman–Crippen MR) is 70.3 cm³/mol. The summed E-state index contributed by atoms with van der Waals surface area (Å²) in [4.78, 5) is 11.9. The third-order valence-electron chi connectivity index (χ3n) is 2.51. The summed E-state index contributed by atoms with van der Waals surface area (Å²) in [6.45, 7) is 3.48. The molecule has 0 aliphatic heterocycles. The number of amides is 1. The number of hydrogen-bond donors (Lipinski definition) is 2. The number of hydrogen-bond acceptors (Lipinski definition) is 2. The van der Waals surface area contributed by atoms with Crippen LogP contribution < -0.4 is 11.1 Å². The summed E-state index contributed by atoms with van der Waals surface area (Å²) in [5.41, 5.74) is 6.39. The summed E-state index contributed by atoms with van der Waals surface area (Å²) < 4.78 is 13.3. The van der Waals surface area contributed by atoms with Crippen molar-refractivity contribution < 1.29 is 9.18 Å². The van der Waals surface area contributed by atoms with Crippen LogP contribution in [0, 0.1) is 18.7 Å². The molecule has 1 aromatic carbocycles. The van der Waals surface area contributed by atoms with Gasteiger partial charge in [-0.25, -0.2) is 4.39 Å². The Bertz CT molecular complexity index is 448. The number of halogens is 1. The van der Waals surface area contributed by atoms with Crippen LogP contribution in [-0.2, 0) is 4.79 Å². The molecule has 1 atom stereocenters. The molecule has 0 bridgehead atoms. The van der Waals surface area contributed by atoms with Crippen LogP contribution >= 0.6 is 12.2 Å². The van der Waals surface area contributed by atoms with Crippen LogP contribution in [-0.4, -0.2) is 10.9 Å². The third-order valence-corrected chi connectivity index (χ3v) is 2.79. The van der Waals surface area contributed by atoms with Gasteiger partial charge in [0.15, 0.2) is 0 Å². The minimum atomic E-state index is -0.519. The van der Waals surface area contributed by atoms with Gasteiger partial charge in [0.2, 0.25) is 5.91 Å². The molecule has 0 aromatic heterocycles. The number of nitrogens with one attached hydrogen (secondary N) is 1. The fourth-order valence-corrected chi connectivity index (χ4v) is 1.69. The number of thiocarbonyl (C=S) groups is 1. The molecule has 0 heterocycles. The highest BCUT2D eigenvalue weighted by atomic mass is 32.1. The summed E-state index contributed by atoms with van der Waals surface area (Å²) in [6, 6.07) is 4.52. The Hall–Kier alpha value is -1.49. The second-order valence-electron chi connectivity index (χ2n) is 3.82. The van der Waals surface area contributed by atoms with Gasteiger partial charge in [0.25, 0.3) is 0 Å². The lowest BCUT2D eigenvalue weighted by Gasteiger charge is -2.13. The molecule has 0 radical (unpaired) electrons. The summed E-state index contributed by atoms with van der Waals surface area (Å²) in [5.74, 6) is -1.18. The smallest absolute Gasteiger partial charge is 0.234 e. The first-order valence-electron chi connectivity index (χ1n) is 5.32. The van der Waals surface area contributed by atoms with E-state index in [1.165, 1.54) is 6.07 Å². The molecule has 17 heavy (non-hydrogen) atoms. The van der Waals surface area contributed by atoms with Crippen LogP contribution in [0.3, 0.4) is 0 Å². The number of nitrogens with two attached hydrogens (primary N) is 1. The van der Waals surface area contributed by atoms with Gasteiger partial charge in [0.05, 0.1) is 10.9 Å². The highest BCUT2D eigenvalue weighted by Crippen LogP contribution is 2.15. The molecule has 3 N–H and O–H groups in total. The van der Waals surface area contributed by atoms with E-state index in [1.54, 1.807) is 19.1 Å². The lowest BCUT2D eigenvalue weighted by atomic mass is 10.1. The zero-order chi connectivity index (χ0) is 13.0. The molecule has 1 amide bonds. The number of aryl methyl sites for hydroxylation is 1. The van der Waals surface area contributed by atoms with Crippen molar-refractivity contribution in [3.8, 4) is 0 Å². The molecule has 1 aromatic rings. The molecule has 1 rings (SSSR count). The maximum Gasteiger partial charge on any atom is 0.234 e. The summed E-state index contributed by atoms with van der Waals surface area (Å²) in [5, 5.41) is 2.60. The SMILES string of the molecule is CCC(C(=O)Nc1ccc(C)c(F)c1)C(N)=S. The van der Waals surface area contributed by atoms with Crippen LogP contribution in [0.5, 0.6) is 0 Å². The standard InChI is InChI=1S/C12H15FN2OS/c1-3-9(11(14)17)12(16)15-8-5-4-7(2)10(13)6-8/h4-6,9H,3H2,1-2H3,(H2,14,17)(H,15,16). The van der Waals surface area contributed by atoms with Crippen molar-refractivity contribution in [2.75, 3.05) is 5.32 Å². The number of rotatable bonds is 4. The van der Waals surface area contributed by atoms with E-state index >= 15 is 0 Å². The second kappa shape index (κ2) is 5.72. The molecular formula is C12H15FN2OS. The average Bonchev–Trinajstić information content (AvgIpc) is 2.24. The molecule has 0 spiro atoms. The van der Waals surface area contributed by atoms with E-state index in [-0.39, 0.29) is 16.7 Å². The van der Waals surface area contributed by atoms with Gasteiger partial charge in [0.1, 0.15) is 5.82 Å². The van der Waals surface area contributed by atoms with E-state index in [2.05, 4.69) is 5.32 Å². The maximum atomic E-state index is 13.3. The molecular weight excluding hydrogens is 239 g/mol. The quantitative estimate of drug-likeness (QED) is 0.811. The minimum Gasteiger partial charge on any atom is -0.393 e. The lowest BCUT2D eigenvalue weighted by Crippen LogP contribution is -2.32. The Morgan fingerprint density at radius 3 is 2.71 bits per heavy atom. The van der Waals surface area contributed by atoms with Gasteiger partial charge in [-0.05, 0) is 31.0 Å². The molecule has 0 aliphatic carbocycles. The Kier molecular flexibility index (Phi) is 4.57. The Labute approximate surface area is 105 Å². The van der Waals surface area contributed by atoms with Gasteiger partial charge in [0, 0.05) is 5.69 Å². The van der Waals surface area contributed by atoms with E-state index in [4.69, 9.17) is 18.0 Å². The van der Waals surface area contributed by atoms with Crippen molar-refractivity contribution in [1.29, 1.82) is 0 Å². The molecule has 0 fully saturated rings. The molecule has 5 heteroatoms. The van der Waals surface area contributed by atoms with Crippen molar-refractivity contribution in [1.82, 2.24) is 0 Å². The van der Waals surface area contributed by atoms with Crippen molar-refractivity contribution in [3.05, 3.63) is 29.6 Å². The maximum absolute atomic E-state index is 13.3. The second-order valence-corrected chi connectivity index (χ2v) is 4.29. The van der Waals surface area contributed by atoms with Crippen molar-refractivity contribution in [2.24, 2.45) is 11.7 Å². The predicted octanol–water partition coefficient (Wildman–Crippen LogP) is 2.38. The number of anilines is 1. The molecule has 0 saturated carbocycles. The highest BCUT2D eigenvalue weighted by Gasteiger charge is 2.19. The largest absolute Gasteiger partial charge is 0.393 e. The van der Waals surface area contributed by atoms with Crippen molar-refractivity contribution >= 4 is 28.8 Å². The molecule has 92 valence electrons. The fraction of sp³-hybridized carbons (Fsp3) is 0.333. The van der Waals surface area contributed by atoms with Crippen LogP contribution in [0.15, 0.2) is 18.2 Å². The van der Waals surface area contributed by atoms with Crippen LogP contribution in [0.25, 0.3) is 0 Å². The molecule has 0 aliphatic rings. The third kappa shape index (κ3) is 3.49. The van der Waals surface area contributed by atoms with E-state index in [0.717, 1.165) is 0 Å². The molecule has 1 unspecified atom stereocenters. The van der Waals surface area contributed by atoms with Gasteiger partial charge >= 0.3 is 0 Å². The fourth-order valence-electron chi connectivity index (χ4n) is 1.42. The monoisotopic (exact) mass is 254 g/mol. The molecule has 3 nitrogen and oxygen atoms in total. The number of benzene rings is 1. The van der Waals surface area contributed by atoms with Crippen LogP contribution in [0.4, 0.5) is 10.1 Å². The van der Waals surface area contributed by atoms with E-state index < -0.39 is 5.92 Å². The van der Waals surface area contributed by atoms with Gasteiger partial charge in [-0.15, -0.1) is 0 Å². The summed E-state index contributed by atoms with van der Waals surface area (Å²) >= 11 is 4.80. The average molecular weight is 254 g/mol. The van der Waals surface area contributed by atoms with Gasteiger partial charge in [-0.1, -0.05) is 25.2 Å². The summed E-state index contributed by atoms with van der Waals surface area (Å²) in [7, 11) is 0. The van der Waals surface area contributed by atoms with Crippen molar-refractivity contribution in [2.45, 2.75) is 20.3 Å². The van der Waals surface area contributed by atoms with Crippen LogP contribution in [0.1, 0.15) is 18.9 Å². The number of carbonyl (C=O) groups is 1. The van der Waals surface area contributed by atoms with E-state index in [1.807, 2.05) is 6.92 Å². The minimum absolute atomic E-state index is 0.151. The van der Waals surface area contributed by atoms with Gasteiger partial charge < -0.3 is 11.1 Å². The lowest BCUT2D eigenvalue weighted by molar-refractivity contribution is -0.118. The molecule has 0 saturated heterocycles. The van der Waals surface area contributed by atoms with Crippen LogP contribution in [0.2, 0.25) is 0 Å². The number of carbonyl (C=O) groups excluding carboxylic acids is 1.